The van der Waals surface area contributed by atoms with Crippen LogP contribution in [-0.2, 0) is 6.54 Å². The average Bonchev–Trinajstić information content (AvgIpc) is 2.56. The SMILES string of the molecule is Cc1noc(C)c1CNc1cc(Br)ncn1. The predicted octanol–water partition coefficient (Wildman–Crippen LogP) is 2.46. The molecule has 2 rings (SSSR count). The highest BCUT2D eigenvalue weighted by atomic mass is 79.9. The number of rotatable bonds is 3. The van der Waals surface area contributed by atoms with Gasteiger partial charge in [-0.2, -0.15) is 0 Å². The van der Waals surface area contributed by atoms with Crippen LogP contribution in [0.25, 0.3) is 0 Å². The van der Waals surface area contributed by atoms with E-state index in [0.717, 1.165) is 27.4 Å². The molecule has 0 fully saturated rings. The van der Waals surface area contributed by atoms with Gasteiger partial charge in [0.25, 0.3) is 0 Å². The third-order valence-corrected chi connectivity index (χ3v) is 2.69. The minimum Gasteiger partial charge on any atom is -0.366 e. The zero-order valence-electron chi connectivity index (χ0n) is 8.99. The standard InChI is InChI=1S/C10H11BrN4O/c1-6-8(7(2)16-15-6)4-12-10-3-9(11)13-5-14-10/h3,5H,4H2,1-2H3,(H,12,13,14). The first-order valence-electron chi connectivity index (χ1n) is 4.80. The fourth-order valence-electron chi connectivity index (χ4n) is 1.36. The van der Waals surface area contributed by atoms with Crippen LogP contribution in [-0.4, -0.2) is 15.1 Å². The van der Waals surface area contributed by atoms with Crippen LogP contribution in [0.3, 0.4) is 0 Å². The maximum absolute atomic E-state index is 5.08. The molecule has 0 unspecified atom stereocenters. The molecule has 1 N–H and O–H groups in total. The lowest BCUT2D eigenvalue weighted by molar-refractivity contribution is 0.392. The number of aromatic nitrogens is 3. The zero-order valence-corrected chi connectivity index (χ0v) is 10.6. The van der Waals surface area contributed by atoms with Gasteiger partial charge in [-0.3, -0.25) is 0 Å². The number of nitrogens with zero attached hydrogens (tertiary/aromatic N) is 3. The second-order valence-electron chi connectivity index (χ2n) is 3.38. The van der Waals surface area contributed by atoms with Crippen molar-refractivity contribution in [2.45, 2.75) is 20.4 Å². The Kier molecular flexibility index (Phi) is 3.19. The lowest BCUT2D eigenvalue weighted by Crippen LogP contribution is -2.03. The molecule has 2 heterocycles. The Morgan fingerprint density at radius 3 is 2.81 bits per heavy atom. The minimum absolute atomic E-state index is 0.643. The topological polar surface area (TPSA) is 63.8 Å². The van der Waals surface area contributed by atoms with Crippen LogP contribution in [0.5, 0.6) is 0 Å². The molecule has 0 bridgehead atoms. The van der Waals surface area contributed by atoms with Crippen LogP contribution in [0, 0.1) is 13.8 Å². The number of hydrogen-bond donors (Lipinski definition) is 1. The molecular formula is C10H11BrN4O. The van der Waals surface area contributed by atoms with Gasteiger partial charge in [0.15, 0.2) is 0 Å². The molecular weight excluding hydrogens is 272 g/mol. The summed E-state index contributed by atoms with van der Waals surface area (Å²) in [6, 6.07) is 1.82. The summed E-state index contributed by atoms with van der Waals surface area (Å²) in [6.07, 6.45) is 1.50. The van der Waals surface area contributed by atoms with Crippen LogP contribution >= 0.6 is 15.9 Å². The van der Waals surface area contributed by atoms with E-state index in [1.54, 1.807) is 0 Å². The van der Waals surface area contributed by atoms with Crippen molar-refractivity contribution in [3.05, 3.63) is 34.0 Å². The third kappa shape index (κ3) is 2.38. The Balaban J connectivity index is 2.08. The van der Waals surface area contributed by atoms with Gasteiger partial charge in [-0.05, 0) is 29.8 Å². The van der Waals surface area contributed by atoms with Crippen molar-refractivity contribution in [2.24, 2.45) is 0 Å². The highest BCUT2D eigenvalue weighted by Crippen LogP contribution is 2.15. The molecule has 0 aliphatic rings. The van der Waals surface area contributed by atoms with Crippen molar-refractivity contribution in [3.8, 4) is 0 Å². The highest BCUT2D eigenvalue weighted by molar-refractivity contribution is 9.10. The first-order chi connectivity index (χ1) is 7.66. The van der Waals surface area contributed by atoms with Crippen LogP contribution in [0.4, 0.5) is 5.82 Å². The number of aryl methyl sites for hydroxylation is 2. The molecule has 84 valence electrons. The summed E-state index contributed by atoms with van der Waals surface area (Å²) >= 11 is 3.29. The van der Waals surface area contributed by atoms with Crippen molar-refractivity contribution in [1.82, 2.24) is 15.1 Å². The molecule has 0 spiro atoms. The van der Waals surface area contributed by atoms with E-state index in [0.29, 0.717) is 6.54 Å². The van der Waals surface area contributed by atoms with Gasteiger partial charge >= 0.3 is 0 Å². The molecule has 2 aromatic rings. The Bertz CT molecular complexity index is 478. The van der Waals surface area contributed by atoms with E-state index in [1.165, 1.54) is 6.33 Å². The smallest absolute Gasteiger partial charge is 0.138 e. The Labute approximate surface area is 101 Å². The van der Waals surface area contributed by atoms with Gasteiger partial charge in [-0.1, -0.05) is 5.16 Å². The molecule has 0 atom stereocenters. The van der Waals surface area contributed by atoms with Crippen LogP contribution in [0.2, 0.25) is 0 Å². The number of hydrogen-bond acceptors (Lipinski definition) is 5. The van der Waals surface area contributed by atoms with Crippen molar-refractivity contribution < 1.29 is 4.52 Å². The molecule has 5 nitrogen and oxygen atoms in total. The molecule has 0 aliphatic carbocycles. The predicted molar refractivity (Wildman–Crippen MR) is 63.0 cm³/mol. The molecule has 0 radical (unpaired) electrons. The fourth-order valence-corrected chi connectivity index (χ4v) is 1.67. The summed E-state index contributed by atoms with van der Waals surface area (Å²) < 4.78 is 5.83. The lowest BCUT2D eigenvalue weighted by atomic mass is 10.2. The normalized spacial score (nSPS) is 10.4. The van der Waals surface area contributed by atoms with E-state index >= 15 is 0 Å². The second kappa shape index (κ2) is 4.61. The number of nitrogens with one attached hydrogen (secondary N) is 1. The average molecular weight is 283 g/mol. The molecule has 0 amide bonds. The third-order valence-electron chi connectivity index (χ3n) is 2.26. The van der Waals surface area contributed by atoms with E-state index < -0.39 is 0 Å². The summed E-state index contributed by atoms with van der Waals surface area (Å²) in [7, 11) is 0. The summed E-state index contributed by atoms with van der Waals surface area (Å²) in [5.74, 6) is 1.60. The summed E-state index contributed by atoms with van der Waals surface area (Å²) in [4.78, 5) is 8.05. The molecule has 0 saturated carbocycles. The molecule has 0 aliphatic heterocycles. The van der Waals surface area contributed by atoms with Gasteiger partial charge in [0.1, 0.15) is 22.5 Å². The maximum atomic E-state index is 5.08. The van der Waals surface area contributed by atoms with Gasteiger partial charge in [-0.15, -0.1) is 0 Å². The number of halogens is 1. The van der Waals surface area contributed by atoms with Crippen LogP contribution in [0.15, 0.2) is 21.5 Å². The first kappa shape index (κ1) is 11.1. The summed E-state index contributed by atoms with van der Waals surface area (Å²) in [6.45, 7) is 4.46. The van der Waals surface area contributed by atoms with Crippen LogP contribution in [0.1, 0.15) is 17.0 Å². The van der Waals surface area contributed by atoms with Gasteiger partial charge in [-0.25, -0.2) is 9.97 Å². The lowest BCUT2D eigenvalue weighted by Gasteiger charge is -2.04. The highest BCUT2D eigenvalue weighted by Gasteiger charge is 2.08. The second-order valence-corrected chi connectivity index (χ2v) is 4.19. The zero-order chi connectivity index (χ0) is 11.5. The Hall–Kier alpha value is -1.43. The first-order valence-corrected chi connectivity index (χ1v) is 5.59. The van der Waals surface area contributed by atoms with Crippen molar-refractivity contribution in [2.75, 3.05) is 5.32 Å². The summed E-state index contributed by atoms with van der Waals surface area (Å²) in [5.41, 5.74) is 1.97. The van der Waals surface area contributed by atoms with E-state index in [9.17, 15) is 0 Å². The fraction of sp³-hybridized carbons (Fsp3) is 0.300. The van der Waals surface area contributed by atoms with E-state index in [2.05, 4.69) is 36.4 Å². The summed E-state index contributed by atoms with van der Waals surface area (Å²) in [5, 5.41) is 7.08. The van der Waals surface area contributed by atoms with Crippen molar-refractivity contribution in [1.29, 1.82) is 0 Å². The van der Waals surface area contributed by atoms with E-state index in [-0.39, 0.29) is 0 Å². The largest absolute Gasteiger partial charge is 0.366 e. The quantitative estimate of drug-likeness (QED) is 0.876. The van der Waals surface area contributed by atoms with Gasteiger partial charge in [0.05, 0.1) is 5.69 Å². The molecule has 2 aromatic heterocycles. The number of anilines is 1. The van der Waals surface area contributed by atoms with Crippen molar-refractivity contribution in [3.63, 3.8) is 0 Å². The molecule has 16 heavy (non-hydrogen) atoms. The Morgan fingerprint density at radius 2 is 2.19 bits per heavy atom. The Morgan fingerprint density at radius 1 is 1.38 bits per heavy atom. The van der Waals surface area contributed by atoms with Gasteiger partial charge < -0.3 is 9.84 Å². The minimum atomic E-state index is 0.643. The van der Waals surface area contributed by atoms with Gasteiger partial charge in [0.2, 0.25) is 0 Å². The van der Waals surface area contributed by atoms with E-state index in [4.69, 9.17) is 4.52 Å². The maximum Gasteiger partial charge on any atom is 0.138 e. The van der Waals surface area contributed by atoms with E-state index in [1.807, 2.05) is 19.9 Å². The molecule has 6 heteroatoms. The van der Waals surface area contributed by atoms with Crippen molar-refractivity contribution >= 4 is 21.7 Å². The molecule has 0 saturated heterocycles. The molecule has 0 aromatic carbocycles. The monoisotopic (exact) mass is 282 g/mol. The van der Waals surface area contributed by atoms with Gasteiger partial charge in [0, 0.05) is 18.2 Å². The van der Waals surface area contributed by atoms with Crippen LogP contribution < -0.4 is 5.32 Å².